The maximum Gasteiger partial charge on any atom is 0.266 e. The largest absolute Gasteiger partial charge is 0.297 e. The van der Waals surface area contributed by atoms with Gasteiger partial charge in [0.1, 0.15) is 11.4 Å². The van der Waals surface area contributed by atoms with Crippen LogP contribution < -0.4 is 15.8 Å². The van der Waals surface area contributed by atoms with E-state index < -0.39 is 17.4 Å². The van der Waals surface area contributed by atoms with Crippen molar-refractivity contribution < 1.29 is 9.59 Å². The Morgan fingerprint density at radius 3 is 2.36 bits per heavy atom. The number of carbonyl (C=O) groups excluding carboxylic acids is 2. The van der Waals surface area contributed by atoms with E-state index in [2.05, 4.69) is 19.2 Å². The number of hydrogen-bond acceptors (Lipinski definition) is 5. The van der Waals surface area contributed by atoms with Crippen LogP contribution in [0, 0.1) is 17.8 Å². The maximum atomic E-state index is 14.6. The topological polar surface area (TPSA) is 84.3 Å². The Kier molecular flexibility index (Phi) is 5.19. The molecular formula is C32H30N4O3. The number of rotatable bonds is 4. The highest BCUT2D eigenvalue weighted by Crippen LogP contribution is 2.56. The van der Waals surface area contributed by atoms with Gasteiger partial charge in [-0.05, 0) is 48.6 Å². The van der Waals surface area contributed by atoms with Crippen LogP contribution in [0.3, 0.4) is 0 Å². The van der Waals surface area contributed by atoms with Gasteiger partial charge in [-0.1, -0.05) is 69.3 Å². The van der Waals surface area contributed by atoms with Gasteiger partial charge in [-0.3, -0.25) is 24.3 Å². The highest BCUT2D eigenvalue weighted by molar-refractivity contribution is 6.23. The standard InChI is InChI=1S/C32H30N4O3/c1-4-19-11-5-9-15-24(19)35-29(38)26-23(17-18(2)3)34-32(27(26)30(35)39)21-13-7-10-16-25(21)36-28(37)20-12-6-8-14-22(20)33-31(32)36/h5-16,18,23,26-27,34H,4,17H2,1-3H3/t23-,26-,27+,32+/m0/s1. The summed E-state index contributed by atoms with van der Waals surface area (Å²) in [6.07, 6.45) is 1.42. The Labute approximate surface area is 226 Å². The molecule has 3 aromatic carbocycles. The summed E-state index contributed by atoms with van der Waals surface area (Å²) < 4.78 is 1.65. The molecule has 4 atom stereocenters. The number of aryl methyl sites for hydroxylation is 1. The molecule has 1 aromatic heterocycles. The van der Waals surface area contributed by atoms with Gasteiger partial charge in [0.2, 0.25) is 11.8 Å². The number of hydrogen-bond donors (Lipinski definition) is 1. The third kappa shape index (κ3) is 3.08. The fraction of sp³-hybridized carbons (Fsp3) is 0.312. The van der Waals surface area contributed by atoms with E-state index in [1.54, 1.807) is 10.6 Å². The zero-order valence-electron chi connectivity index (χ0n) is 22.2. The maximum absolute atomic E-state index is 14.6. The Balaban J connectivity index is 1.52. The predicted molar refractivity (Wildman–Crippen MR) is 150 cm³/mol. The molecule has 0 aliphatic carbocycles. The summed E-state index contributed by atoms with van der Waals surface area (Å²) in [5.74, 6) is -0.952. The van der Waals surface area contributed by atoms with Gasteiger partial charge in [-0.15, -0.1) is 0 Å². The highest BCUT2D eigenvalue weighted by atomic mass is 16.2. The number of aromatic nitrogens is 2. The van der Waals surface area contributed by atoms with Gasteiger partial charge in [0.05, 0.1) is 34.1 Å². The van der Waals surface area contributed by atoms with Crippen molar-refractivity contribution in [3.05, 3.63) is 100 Å². The fourth-order valence-electron chi connectivity index (χ4n) is 7.19. The first-order valence-corrected chi connectivity index (χ1v) is 13.7. The Bertz CT molecular complexity index is 1740. The molecule has 0 saturated carbocycles. The zero-order chi connectivity index (χ0) is 27.1. The first kappa shape index (κ1) is 24.0. The molecule has 7 heteroatoms. The number of benzene rings is 3. The van der Waals surface area contributed by atoms with Crippen molar-refractivity contribution in [2.24, 2.45) is 17.8 Å². The molecule has 2 fully saturated rings. The minimum absolute atomic E-state index is 0.171. The number of imide groups is 1. The molecule has 7 nitrogen and oxygen atoms in total. The molecule has 4 aromatic rings. The van der Waals surface area contributed by atoms with Crippen LogP contribution in [-0.4, -0.2) is 27.4 Å². The van der Waals surface area contributed by atoms with Crippen LogP contribution in [0.5, 0.6) is 0 Å². The summed E-state index contributed by atoms with van der Waals surface area (Å²) in [4.78, 5) is 49.2. The van der Waals surface area contributed by atoms with E-state index in [9.17, 15) is 14.4 Å². The SMILES string of the molecule is CCc1ccccc1N1C(=O)[C@H]2[C@H](CC(C)C)N[C@]3(c4ccccc4-n4c3nc3ccccc3c4=O)[C@H]2C1=O. The smallest absolute Gasteiger partial charge is 0.266 e. The lowest BCUT2D eigenvalue weighted by atomic mass is 9.75. The van der Waals surface area contributed by atoms with Crippen LogP contribution in [0.15, 0.2) is 77.6 Å². The first-order valence-electron chi connectivity index (χ1n) is 13.7. The Hall–Kier alpha value is -4.10. The quantitative estimate of drug-likeness (QED) is 0.407. The van der Waals surface area contributed by atoms with Crippen LogP contribution >= 0.6 is 0 Å². The van der Waals surface area contributed by atoms with Gasteiger partial charge in [0.25, 0.3) is 5.56 Å². The summed E-state index contributed by atoms with van der Waals surface area (Å²) in [5.41, 5.74) is 2.43. The summed E-state index contributed by atoms with van der Waals surface area (Å²) in [7, 11) is 0. The van der Waals surface area contributed by atoms with E-state index in [-0.39, 0.29) is 23.4 Å². The summed E-state index contributed by atoms with van der Waals surface area (Å²) in [6, 6.07) is 22.4. The molecule has 2 amide bonds. The average Bonchev–Trinajstić information content (AvgIpc) is 3.51. The minimum atomic E-state index is -1.10. The van der Waals surface area contributed by atoms with Crippen molar-refractivity contribution in [3.63, 3.8) is 0 Å². The summed E-state index contributed by atoms with van der Waals surface area (Å²) in [5, 5.41) is 4.30. The second kappa shape index (κ2) is 8.45. The second-order valence-corrected chi connectivity index (χ2v) is 11.3. The number of nitrogens with one attached hydrogen (secondary N) is 1. The number of anilines is 1. The number of carbonyl (C=O) groups is 2. The van der Waals surface area contributed by atoms with Gasteiger partial charge in [0.15, 0.2) is 0 Å². The van der Waals surface area contributed by atoms with Crippen molar-refractivity contribution in [2.45, 2.75) is 45.2 Å². The van der Waals surface area contributed by atoms with Gasteiger partial charge in [-0.25, -0.2) is 9.88 Å². The van der Waals surface area contributed by atoms with Crippen molar-refractivity contribution >= 4 is 28.4 Å². The molecule has 2 saturated heterocycles. The van der Waals surface area contributed by atoms with Crippen molar-refractivity contribution in [1.82, 2.24) is 14.9 Å². The molecule has 4 heterocycles. The summed E-state index contributed by atoms with van der Waals surface area (Å²) >= 11 is 0. The van der Waals surface area contributed by atoms with E-state index in [1.807, 2.05) is 73.7 Å². The molecular weight excluding hydrogens is 488 g/mol. The number of amides is 2. The molecule has 39 heavy (non-hydrogen) atoms. The number of fused-ring (bicyclic) bond motifs is 8. The lowest BCUT2D eigenvalue weighted by Gasteiger charge is -2.32. The first-order chi connectivity index (χ1) is 18.9. The predicted octanol–water partition coefficient (Wildman–Crippen LogP) is 4.33. The van der Waals surface area contributed by atoms with Crippen LogP contribution in [0.1, 0.15) is 44.1 Å². The molecule has 196 valence electrons. The third-order valence-electron chi connectivity index (χ3n) is 8.70. The van der Waals surface area contributed by atoms with E-state index >= 15 is 0 Å². The van der Waals surface area contributed by atoms with E-state index in [0.29, 0.717) is 46.9 Å². The minimum Gasteiger partial charge on any atom is -0.297 e. The third-order valence-corrected chi connectivity index (χ3v) is 8.70. The molecule has 7 rings (SSSR count). The lowest BCUT2D eigenvalue weighted by Crippen LogP contribution is -2.50. The van der Waals surface area contributed by atoms with Crippen molar-refractivity contribution in [2.75, 3.05) is 4.90 Å². The van der Waals surface area contributed by atoms with E-state index in [4.69, 9.17) is 4.98 Å². The van der Waals surface area contributed by atoms with Crippen LogP contribution in [-0.2, 0) is 21.5 Å². The summed E-state index contributed by atoms with van der Waals surface area (Å²) in [6.45, 7) is 6.28. The molecule has 0 unspecified atom stereocenters. The van der Waals surface area contributed by atoms with Gasteiger partial charge < -0.3 is 0 Å². The molecule has 0 bridgehead atoms. The van der Waals surface area contributed by atoms with E-state index in [0.717, 1.165) is 11.1 Å². The highest BCUT2D eigenvalue weighted by Gasteiger charge is 2.69. The van der Waals surface area contributed by atoms with Crippen molar-refractivity contribution in [3.8, 4) is 5.69 Å². The zero-order valence-corrected chi connectivity index (χ0v) is 22.2. The average molecular weight is 519 g/mol. The Morgan fingerprint density at radius 2 is 1.59 bits per heavy atom. The number of para-hydroxylation sites is 3. The van der Waals surface area contributed by atoms with Gasteiger partial charge in [-0.2, -0.15) is 0 Å². The fourth-order valence-corrected chi connectivity index (χ4v) is 7.19. The molecule has 1 spiro atoms. The van der Waals surface area contributed by atoms with Gasteiger partial charge >= 0.3 is 0 Å². The Morgan fingerprint density at radius 1 is 0.897 bits per heavy atom. The lowest BCUT2D eigenvalue weighted by molar-refractivity contribution is -0.123. The van der Waals surface area contributed by atoms with E-state index in [1.165, 1.54) is 4.90 Å². The molecule has 1 N–H and O–H groups in total. The van der Waals surface area contributed by atoms with Crippen LogP contribution in [0.2, 0.25) is 0 Å². The number of nitrogens with zero attached hydrogens (tertiary/aromatic N) is 3. The van der Waals surface area contributed by atoms with Crippen molar-refractivity contribution in [1.29, 1.82) is 0 Å². The second-order valence-electron chi connectivity index (χ2n) is 11.3. The molecule has 0 radical (unpaired) electrons. The van der Waals surface area contributed by atoms with Crippen LogP contribution in [0.4, 0.5) is 5.69 Å². The van der Waals surface area contributed by atoms with Crippen LogP contribution in [0.25, 0.3) is 16.6 Å². The van der Waals surface area contributed by atoms with Gasteiger partial charge in [0, 0.05) is 11.6 Å². The monoisotopic (exact) mass is 518 g/mol. The molecule has 3 aliphatic rings. The normalized spacial score (nSPS) is 25.1. The molecule has 3 aliphatic heterocycles.